The van der Waals surface area contributed by atoms with E-state index in [1.807, 2.05) is 36.4 Å². The van der Waals surface area contributed by atoms with Crippen molar-refractivity contribution < 1.29 is 23.9 Å². The molecule has 2 aromatic carbocycles. The van der Waals surface area contributed by atoms with E-state index in [9.17, 15) is 19.2 Å². The van der Waals surface area contributed by atoms with Crippen molar-refractivity contribution >= 4 is 40.2 Å². The van der Waals surface area contributed by atoms with Gasteiger partial charge in [0.05, 0.1) is 11.8 Å². The van der Waals surface area contributed by atoms with Gasteiger partial charge in [-0.3, -0.25) is 24.1 Å². The van der Waals surface area contributed by atoms with Crippen molar-refractivity contribution in [3.8, 4) is 0 Å². The molecule has 7 nitrogen and oxygen atoms in total. The molecule has 1 saturated heterocycles. The minimum Gasteiger partial charge on any atom is -0.451 e. The van der Waals surface area contributed by atoms with Crippen LogP contribution in [-0.2, 0) is 23.9 Å². The smallest absolute Gasteiger partial charge is 0.326 e. The number of esters is 1. The summed E-state index contributed by atoms with van der Waals surface area (Å²) < 4.78 is 5.19. The molecule has 30 heavy (non-hydrogen) atoms. The van der Waals surface area contributed by atoms with Crippen LogP contribution in [0.15, 0.2) is 42.5 Å². The summed E-state index contributed by atoms with van der Waals surface area (Å²) in [4.78, 5) is 50.6. The van der Waals surface area contributed by atoms with Crippen molar-refractivity contribution in [3.63, 3.8) is 0 Å². The highest BCUT2D eigenvalue weighted by Crippen LogP contribution is 2.37. The normalized spacial score (nSPS) is 22.0. The van der Waals surface area contributed by atoms with Crippen molar-refractivity contribution in [2.24, 2.45) is 11.8 Å². The van der Waals surface area contributed by atoms with E-state index in [0.717, 1.165) is 28.5 Å². The standard InChI is InChI=1S/C23H24N2O5/c1-14(21(27)24-17-11-10-15-6-2-3-7-16(15)12-17)30-20(26)13-25-22(28)18-8-4-5-9-19(18)23(25)29/h2-3,6-7,10-12,14,18-19H,4-5,8-9,13H2,1H3,(H,24,27)/t14-,18-,19-/m0/s1. The van der Waals surface area contributed by atoms with E-state index in [2.05, 4.69) is 5.32 Å². The minimum atomic E-state index is -1.06. The first-order valence-electron chi connectivity index (χ1n) is 10.3. The van der Waals surface area contributed by atoms with Gasteiger partial charge in [0.2, 0.25) is 11.8 Å². The van der Waals surface area contributed by atoms with Crippen molar-refractivity contribution in [1.29, 1.82) is 0 Å². The fourth-order valence-corrected chi connectivity index (χ4v) is 4.31. The molecule has 0 aromatic heterocycles. The summed E-state index contributed by atoms with van der Waals surface area (Å²) in [5.74, 6) is -2.46. The Balaban J connectivity index is 1.34. The Morgan fingerprint density at radius 2 is 1.67 bits per heavy atom. The van der Waals surface area contributed by atoms with Gasteiger partial charge < -0.3 is 10.1 Å². The number of fused-ring (bicyclic) bond motifs is 2. The van der Waals surface area contributed by atoms with Gasteiger partial charge in [-0.25, -0.2) is 0 Å². The van der Waals surface area contributed by atoms with E-state index in [0.29, 0.717) is 18.5 Å². The topological polar surface area (TPSA) is 92.8 Å². The summed E-state index contributed by atoms with van der Waals surface area (Å²) in [6, 6.07) is 13.3. The second-order valence-corrected chi connectivity index (χ2v) is 7.94. The molecule has 0 unspecified atom stereocenters. The van der Waals surface area contributed by atoms with E-state index in [-0.39, 0.29) is 23.7 Å². The fraction of sp³-hybridized carbons (Fsp3) is 0.391. The third kappa shape index (κ3) is 3.92. The van der Waals surface area contributed by atoms with Crippen LogP contribution >= 0.6 is 0 Å². The number of rotatable bonds is 5. The molecule has 2 fully saturated rings. The Morgan fingerprint density at radius 1 is 1.03 bits per heavy atom. The zero-order valence-corrected chi connectivity index (χ0v) is 16.8. The zero-order chi connectivity index (χ0) is 21.3. The summed E-state index contributed by atoms with van der Waals surface area (Å²) in [5, 5.41) is 4.76. The van der Waals surface area contributed by atoms with Crippen molar-refractivity contribution in [1.82, 2.24) is 4.90 Å². The molecule has 2 aliphatic rings. The average Bonchev–Trinajstić information content (AvgIpc) is 2.98. The van der Waals surface area contributed by atoms with Crippen molar-refractivity contribution in [3.05, 3.63) is 42.5 Å². The maximum Gasteiger partial charge on any atom is 0.326 e. The summed E-state index contributed by atoms with van der Waals surface area (Å²) in [7, 11) is 0. The van der Waals surface area contributed by atoms with Gasteiger partial charge in [0, 0.05) is 5.69 Å². The largest absolute Gasteiger partial charge is 0.451 e. The SMILES string of the molecule is C[C@H](OC(=O)CN1C(=O)[C@H]2CCCC[C@@H]2C1=O)C(=O)Nc1ccc2ccccc2c1. The highest BCUT2D eigenvalue weighted by Gasteiger charge is 2.48. The first kappa shape index (κ1) is 20.1. The van der Waals surface area contributed by atoms with Gasteiger partial charge in [-0.1, -0.05) is 43.2 Å². The summed E-state index contributed by atoms with van der Waals surface area (Å²) in [6.45, 7) is 1.01. The Labute approximate surface area is 174 Å². The Hall–Kier alpha value is -3.22. The maximum atomic E-state index is 12.5. The number of carbonyl (C=O) groups excluding carboxylic acids is 4. The molecule has 0 radical (unpaired) electrons. The number of benzene rings is 2. The molecule has 1 N–H and O–H groups in total. The maximum absolute atomic E-state index is 12.5. The number of likely N-dealkylation sites (tertiary alicyclic amines) is 1. The minimum absolute atomic E-state index is 0.296. The van der Waals surface area contributed by atoms with Crippen LogP contribution in [0.3, 0.4) is 0 Å². The zero-order valence-electron chi connectivity index (χ0n) is 16.8. The lowest BCUT2D eigenvalue weighted by atomic mass is 9.81. The predicted molar refractivity (Wildman–Crippen MR) is 110 cm³/mol. The number of ether oxygens (including phenoxy) is 1. The van der Waals surface area contributed by atoms with Crippen LogP contribution in [0.25, 0.3) is 10.8 Å². The number of anilines is 1. The van der Waals surface area contributed by atoms with Gasteiger partial charge in [0.25, 0.3) is 5.91 Å². The second-order valence-electron chi connectivity index (χ2n) is 7.94. The third-order valence-electron chi connectivity index (χ3n) is 5.91. The van der Waals surface area contributed by atoms with Crippen LogP contribution < -0.4 is 5.32 Å². The average molecular weight is 408 g/mol. The van der Waals surface area contributed by atoms with Crippen molar-refractivity contribution in [2.45, 2.75) is 38.7 Å². The Kier molecular flexibility index (Phi) is 5.53. The number of hydrogen-bond donors (Lipinski definition) is 1. The van der Waals surface area contributed by atoms with Crippen molar-refractivity contribution in [2.75, 3.05) is 11.9 Å². The van der Waals surface area contributed by atoms with Gasteiger partial charge in [-0.2, -0.15) is 0 Å². The molecule has 1 aliphatic heterocycles. The third-order valence-corrected chi connectivity index (χ3v) is 5.91. The summed E-state index contributed by atoms with van der Waals surface area (Å²) >= 11 is 0. The van der Waals surface area contributed by atoms with Gasteiger partial charge in [0.1, 0.15) is 6.54 Å². The van der Waals surface area contributed by atoms with E-state index >= 15 is 0 Å². The highest BCUT2D eigenvalue weighted by atomic mass is 16.5. The van der Waals surface area contributed by atoms with Crippen LogP contribution in [0, 0.1) is 11.8 Å². The van der Waals surface area contributed by atoms with Crippen LogP contribution in [0.4, 0.5) is 5.69 Å². The predicted octanol–water partition coefficient (Wildman–Crippen LogP) is 2.89. The quantitative estimate of drug-likeness (QED) is 0.607. The van der Waals surface area contributed by atoms with Gasteiger partial charge in [0.15, 0.2) is 6.10 Å². The molecule has 156 valence electrons. The van der Waals surface area contributed by atoms with E-state index < -0.39 is 24.5 Å². The first-order valence-corrected chi connectivity index (χ1v) is 10.3. The monoisotopic (exact) mass is 408 g/mol. The molecule has 3 atom stereocenters. The number of amides is 3. The van der Waals surface area contributed by atoms with Gasteiger partial charge >= 0.3 is 5.97 Å². The molecule has 1 aliphatic carbocycles. The Morgan fingerprint density at radius 3 is 2.33 bits per heavy atom. The molecule has 4 rings (SSSR count). The number of carbonyl (C=O) groups is 4. The van der Waals surface area contributed by atoms with E-state index in [1.165, 1.54) is 6.92 Å². The molecule has 3 amide bonds. The highest BCUT2D eigenvalue weighted by molar-refractivity contribution is 6.07. The van der Waals surface area contributed by atoms with Gasteiger partial charge in [-0.05, 0) is 42.7 Å². The van der Waals surface area contributed by atoms with Gasteiger partial charge in [-0.15, -0.1) is 0 Å². The molecule has 1 heterocycles. The lowest BCUT2D eigenvalue weighted by molar-refractivity contribution is -0.158. The number of imide groups is 1. The first-order chi connectivity index (χ1) is 14.4. The lowest BCUT2D eigenvalue weighted by Gasteiger charge is -2.19. The Bertz CT molecular complexity index is 994. The van der Waals surface area contributed by atoms with E-state index in [4.69, 9.17) is 4.74 Å². The molecular weight excluding hydrogens is 384 g/mol. The van der Waals surface area contributed by atoms with Crippen LogP contribution in [-0.4, -0.2) is 41.2 Å². The summed E-state index contributed by atoms with van der Waals surface area (Å²) in [6.07, 6.45) is 2.16. The van der Waals surface area contributed by atoms with E-state index in [1.54, 1.807) is 6.07 Å². The van der Waals surface area contributed by atoms with Crippen LogP contribution in [0.2, 0.25) is 0 Å². The summed E-state index contributed by atoms with van der Waals surface area (Å²) in [5.41, 5.74) is 0.593. The molecule has 7 heteroatoms. The molecule has 0 spiro atoms. The fourth-order valence-electron chi connectivity index (χ4n) is 4.31. The number of nitrogens with one attached hydrogen (secondary N) is 1. The number of hydrogen-bond acceptors (Lipinski definition) is 5. The molecule has 2 aromatic rings. The van der Waals surface area contributed by atoms with Crippen LogP contribution in [0.5, 0.6) is 0 Å². The molecular formula is C23H24N2O5. The van der Waals surface area contributed by atoms with Crippen LogP contribution in [0.1, 0.15) is 32.6 Å². The molecule has 0 bridgehead atoms. The second kappa shape index (κ2) is 8.26. The number of nitrogens with zero attached hydrogens (tertiary/aromatic N) is 1. The lowest BCUT2D eigenvalue weighted by Crippen LogP contribution is -2.39. The molecule has 1 saturated carbocycles.